The van der Waals surface area contributed by atoms with Crippen molar-refractivity contribution in [2.75, 3.05) is 0 Å². The minimum atomic E-state index is -1.43. The molecule has 6 heterocycles. The van der Waals surface area contributed by atoms with Crippen LogP contribution in [0.4, 0.5) is 0 Å². The maximum atomic E-state index is 2.62. The van der Waals surface area contributed by atoms with Crippen LogP contribution in [0.25, 0.3) is 19.5 Å². The Morgan fingerprint density at radius 3 is 1.14 bits per heavy atom. The summed E-state index contributed by atoms with van der Waals surface area (Å²) in [6, 6.07) is 10.5. The molecule has 4 aromatic rings. The number of hydrogen-bond acceptors (Lipinski definition) is 4. The summed E-state index contributed by atoms with van der Waals surface area (Å²) in [7, 11) is -1.43. The number of rotatable bonds is 2. The molecule has 0 fully saturated rings. The Morgan fingerprint density at radius 1 is 0.514 bits per heavy atom. The second kappa shape index (κ2) is 7.60. The van der Waals surface area contributed by atoms with Crippen molar-refractivity contribution < 1.29 is 0 Å². The Hall–Kier alpha value is -0.850. The van der Waals surface area contributed by atoms with Crippen LogP contribution < -0.4 is 0 Å². The zero-order valence-electron chi connectivity index (χ0n) is 22.5. The molecular formula is C30H36S5. The highest BCUT2D eigenvalue weighted by Crippen LogP contribution is 2.88. The largest absolute Gasteiger partial charge is 0.138 e. The minimum Gasteiger partial charge on any atom is -0.138 e. The van der Waals surface area contributed by atoms with Crippen LogP contribution in [0.2, 0.25) is 0 Å². The molecule has 0 bridgehead atoms. The summed E-state index contributed by atoms with van der Waals surface area (Å²) < 4.78 is 0. The molecule has 0 N–H and O–H groups in total. The fourth-order valence-electron chi connectivity index (χ4n) is 5.10. The van der Waals surface area contributed by atoms with Crippen molar-refractivity contribution in [3.05, 3.63) is 43.8 Å². The fraction of sp³-hybridized carbons (Fsp3) is 0.467. The lowest BCUT2D eigenvalue weighted by molar-refractivity contribution is 0.603. The van der Waals surface area contributed by atoms with Gasteiger partial charge in [0.2, 0.25) is 0 Å². The first-order chi connectivity index (χ1) is 16.2. The van der Waals surface area contributed by atoms with Crippen LogP contribution in [0, 0.1) is 0 Å². The monoisotopic (exact) mass is 556 g/mol. The van der Waals surface area contributed by atoms with E-state index in [1.165, 1.54) is 9.75 Å². The number of thiophene rings is 4. The normalized spacial score (nSPS) is 16.8. The minimum absolute atomic E-state index is 0.168. The lowest BCUT2D eigenvalue weighted by Gasteiger charge is -2.34. The summed E-state index contributed by atoms with van der Waals surface area (Å²) in [6.45, 7) is 23.7. The average molecular weight is 557 g/mol. The van der Waals surface area contributed by atoms with E-state index in [-0.39, 0.29) is 10.8 Å². The van der Waals surface area contributed by atoms with Crippen molar-refractivity contribution in [2.45, 2.75) is 111 Å². The third kappa shape index (κ3) is 3.27. The van der Waals surface area contributed by atoms with E-state index < -0.39 is 10.0 Å². The van der Waals surface area contributed by atoms with Gasteiger partial charge < -0.3 is 0 Å². The molecule has 0 aliphatic carbocycles. The van der Waals surface area contributed by atoms with E-state index in [0.717, 1.165) is 0 Å². The molecule has 0 saturated carbocycles. The topological polar surface area (TPSA) is 0 Å². The molecule has 1 spiro atoms. The smallest absolute Gasteiger partial charge is 0.0587 e. The van der Waals surface area contributed by atoms with Gasteiger partial charge in [0.1, 0.15) is 0 Å². The van der Waals surface area contributed by atoms with Crippen LogP contribution in [0.15, 0.2) is 43.8 Å². The Morgan fingerprint density at radius 2 is 0.829 bits per heavy atom. The molecule has 5 heteroatoms. The maximum Gasteiger partial charge on any atom is 0.0587 e. The molecule has 0 amide bonds. The van der Waals surface area contributed by atoms with Crippen molar-refractivity contribution in [2.24, 2.45) is 0 Å². The highest BCUT2D eigenvalue weighted by Gasteiger charge is 2.53. The van der Waals surface area contributed by atoms with Crippen LogP contribution in [-0.4, -0.2) is 0 Å². The van der Waals surface area contributed by atoms with Gasteiger partial charge in [-0.15, -0.1) is 55.4 Å². The molecule has 35 heavy (non-hydrogen) atoms. The molecule has 0 nitrogen and oxygen atoms in total. The van der Waals surface area contributed by atoms with E-state index in [9.17, 15) is 0 Å². The molecule has 0 atom stereocenters. The van der Waals surface area contributed by atoms with Gasteiger partial charge in [0.25, 0.3) is 0 Å². The van der Waals surface area contributed by atoms with Crippen LogP contribution >= 0.6 is 55.4 Å². The first kappa shape index (κ1) is 24.5. The van der Waals surface area contributed by atoms with Gasteiger partial charge in [-0.05, 0) is 46.9 Å². The van der Waals surface area contributed by atoms with E-state index in [2.05, 4.69) is 139 Å². The van der Waals surface area contributed by atoms with Crippen molar-refractivity contribution in [1.29, 1.82) is 0 Å². The maximum absolute atomic E-state index is 2.62. The first-order valence-corrected chi connectivity index (χ1v) is 17.5. The summed E-state index contributed by atoms with van der Waals surface area (Å²) in [5.41, 5.74) is 0.336. The lowest BCUT2D eigenvalue weighted by Crippen LogP contribution is -2.09. The van der Waals surface area contributed by atoms with E-state index in [4.69, 9.17) is 0 Å². The lowest BCUT2D eigenvalue weighted by atomic mass is 9.95. The van der Waals surface area contributed by atoms with Gasteiger partial charge in [-0.3, -0.25) is 0 Å². The summed E-state index contributed by atoms with van der Waals surface area (Å²) in [6.07, 6.45) is 0. The van der Waals surface area contributed by atoms with E-state index in [1.54, 1.807) is 48.8 Å². The Kier molecular flexibility index (Phi) is 5.32. The van der Waals surface area contributed by atoms with Crippen molar-refractivity contribution >= 4 is 55.4 Å². The van der Waals surface area contributed by atoms with E-state index >= 15 is 0 Å². The van der Waals surface area contributed by atoms with Gasteiger partial charge in [0.15, 0.2) is 0 Å². The SMILES string of the molecule is CC(C)c1cc2c(s1)-c1sc(C(C)(C)C)cc1S21c2cc(C(C)C)sc2-c2sc(C(C)(C)C)cc21. The van der Waals surface area contributed by atoms with E-state index in [0.29, 0.717) is 11.8 Å². The highest BCUT2D eigenvalue weighted by molar-refractivity contribution is 8.35. The second-order valence-corrected chi connectivity index (χ2v) is 20.0. The molecule has 0 aromatic carbocycles. The third-order valence-corrected chi connectivity index (χ3v) is 17.9. The first-order valence-electron chi connectivity index (χ1n) is 12.6. The van der Waals surface area contributed by atoms with Gasteiger partial charge >= 0.3 is 0 Å². The quantitative estimate of drug-likeness (QED) is 0.199. The van der Waals surface area contributed by atoms with Crippen LogP contribution in [0.1, 0.15) is 101 Å². The number of hydrogen-bond donors (Lipinski definition) is 0. The third-order valence-electron chi connectivity index (χ3n) is 7.18. The van der Waals surface area contributed by atoms with E-state index in [1.807, 2.05) is 0 Å². The molecule has 2 aliphatic rings. The Labute approximate surface area is 228 Å². The molecule has 0 unspecified atom stereocenters. The summed E-state index contributed by atoms with van der Waals surface area (Å²) >= 11 is 8.28. The molecule has 0 saturated heterocycles. The van der Waals surface area contributed by atoms with Gasteiger partial charge in [-0.1, -0.05) is 69.2 Å². The zero-order chi connectivity index (χ0) is 25.2. The molecule has 0 radical (unpaired) electrons. The van der Waals surface area contributed by atoms with Crippen molar-refractivity contribution in [3.8, 4) is 19.5 Å². The van der Waals surface area contributed by atoms with Crippen molar-refractivity contribution in [1.82, 2.24) is 0 Å². The molecule has 2 aliphatic heterocycles. The van der Waals surface area contributed by atoms with Crippen LogP contribution in [0.5, 0.6) is 0 Å². The predicted molar refractivity (Wildman–Crippen MR) is 161 cm³/mol. The van der Waals surface area contributed by atoms with Crippen molar-refractivity contribution in [3.63, 3.8) is 0 Å². The van der Waals surface area contributed by atoms with Gasteiger partial charge in [0, 0.05) is 39.1 Å². The molecule has 186 valence electrons. The molecule has 6 rings (SSSR count). The predicted octanol–water partition coefficient (Wildman–Crippen LogP) is 12.1. The summed E-state index contributed by atoms with van der Waals surface area (Å²) in [5, 5.41) is 0. The van der Waals surface area contributed by atoms with Crippen LogP contribution in [0.3, 0.4) is 0 Å². The summed E-state index contributed by atoms with van der Waals surface area (Å²) in [5.74, 6) is 1.13. The van der Waals surface area contributed by atoms with Gasteiger partial charge in [-0.2, -0.15) is 0 Å². The Bertz CT molecular complexity index is 1350. The second-order valence-electron chi connectivity index (χ2n) is 12.7. The fourth-order valence-corrected chi connectivity index (χ4v) is 16.4. The molecular weight excluding hydrogens is 521 g/mol. The standard InChI is InChI=1S/C30H36S5/c1-15(2)17-11-19-25(31-17)27-21(13-23(33-27)29(5,6)7)35(19)20-12-18(16(3)4)32-26(20)28-22(35)14-24(34-28)30(8,9)10/h11-16H,1-10H3. The van der Waals surface area contributed by atoms with Gasteiger partial charge in [-0.25, -0.2) is 0 Å². The van der Waals surface area contributed by atoms with Gasteiger partial charge in [0.05, 0.1) is 19.5 Å². The number of fused-ring (bicyclic) bond motifs is 10. The highest BCUT2D eigenvalue weighted by atomic mass is 32.3. The van der Waals surface area contributed by atoms with Crippen LogP contribution in [-0.2, 0) is 10.8 Å². The average Bonchev–Trinajstić information content (AvgIpc) is 3.50. The zero-order valence-corrected chi connectivity index (χ0v) is 26.6. The molecule has 4 aromatic heterocycles. The summed E-state index contributed by atoms with van der Waals surface area (Å²) in [4.78, 5) is 19.0. The Balaban J connectivity index is 1.76.